The number of anilines is 1. The van der Waals surface area contributed by atoms with Gasteiger partial charge in [-0.25, -0.2) is 9.97 Å². The molecule has 0 saturated carbocycles. The third-order valence-corrected chi connectivity index (χ3v) is 2.13. The summed E-state index contributed by atoms with van der Waals surface area (Å²) in [5, 5.41) is 20.9. The Kier molecular flexibility index (Phi) is 4.01. The van der Waals surface area contributed by atoms with Crippen LogP contribution in [0, 0.1) is 17.2 Å². The molecule has 15 heavy (non-hydrogen) atoms. The van der Waals surface area contributed by atoms with Gasteiger partial charge in [0.05, 0.1) is 12.6 Å². The molecular weight excluding hydrogens is 192 g/mol. The summed E-state index contributed by atoms with van der Waals surface area (Å²) in [6, 6.07) is 1.83. The van der Waals surface area contributed by atoms with E-state index in [4.69, 9.17) is 10.4 Å². The van der Waals surface area contributed by atoms with Gasteiger partial charge in [-0.1, -0.05) is 13.8 Å². The second kappa shape index (κ2) is 5.27. The van der Waals surface area contributed by atoms with Gasteiger partial charge in [-0.05, 0) is 5.92 Å². The number of nitrogens with one attached hydrogen (secondary N) is 1. The zero-order valence-electron chi connectivity index (χ0n) is 8.81. The zero-order valence-corrected chi connectivity index (χ0v) is 8.81. The Balaban J connectivity index is 2.84. The number of aliphatic hydroxyl groups is 1. The molecule has 1 aromatic rings. The predicted molar refractivity (Wildman–Crippen MR) is 56.1 cm³/mol. The third-order valence-electron chi connectivity index (χ3n) is 2.13. The Morgan fingerprint density at radius 3 is 2.67 bits per heavy atom. The van der Waals surface area contributed by atoms with Crippen LogP contribution < -0.4 is 5.32 Å². The standard InChI is InChI=1S/C10H14N4O/c1-7(2)9(6-15)14-10-8(5-11)12-3-4-13-10/h3-4,7,9,15H,6H2,1-2H3,(H,13,14)/t9-/m1/s1. The summed E-state index contributed by atoms with van der Waals surface area (Å²) in [5.74, 6) is 0.677. The van der Waals surface area contributed by atoms with E-state index in [1.807, 2.05) is 19.9 Å². The third kappa shape index (κ3) is 2.89. The molecule has 0 unspecified atom stereocenters. The lowest BCUT2D eigenvalue weighted by Gasteiger charge is -2.20. The first kappa shape index (κ1) is 11.4. The van der Waals surface area contributed by atoms with Gasteiger partial charge in [-0.15, -0.1) is 0 Å². The largest absolute Gasteiger partial charge is 0.394 e. The first-order valence-corrected chi connectivity index (χ1v) is 4.77. The maximum atomic E-state index is 9.13. The van der Waals surface area contributed by atoms with Crippen LogP contribution in [0.2, 0.25) is 0 Å². The first-order chi connectivity index (χ1) is 7.19. The van der Waals surface area contributed by atoms with E-state index in [-0.39, 0.29) is 24.3 Å². The molecule has 5 nitrogen and oxygen atoms in total. The highest BCUT2D eigenvalue weighted by atomic mass is 16.3. The fraction of sp³-hybridized carbons (Fsp3) is 0.500. The lowest BCUT2D eigenvalue weighted by Crippen LogP contribution is -2.30. The molecule has 0 spiro atoms. The van der Waals surface area contributed by atoms with Crippen LogP contribution >= 0.6 is 0 Å². The van der Waals surface area contributed by atoms with Crippen LogP contribution in [0.25, 0.3) is 0 Å². The molecule has 0 radical (unpaired) electrons. The van der Waals surface area contributed by atoms with Crippen molar-refractivity contribution in [2.75, 3.05) is 11.9 Å². The van der Waals surface area contributed by atoms with Gasteiger partial charge in [0.1, 0.15) is 6.07 Å². The van der Waals surface area contributed by atoms with Crippen molar-refractivity contribution in [2.24, 2.45) is 5.92 Å². The van der Waals surface area contributed by atoms with Gasteiger partial charge >= 0.3 is 0 Å². The van der Waals surface area contributed by atoms with E-state index in [0.29, 0.717) is 5.82 Å². The predicted octanol–water partition coefficient (Wildman–Crippen LogP) is 0.777. The maximum absolute atomic E-state index is 9.13. The molecule has 0 aliphatic carbocycles. The highest BCUT2D eigenvalue weighted by Gasteiger charge is 2.14. The smallest absolute Gasteiger partial charge is 0.182 e. The van der Waals surface area contributed by atoms with Crippen LogP contribution in [0.5, 0.6) is 0 Å². The Bertz CT molecular complexity index is 359. The van der Waals surface area contributed by atoms with Crippen molar-refractivity contribution in [1.29, 1.82) is 5.26 Å². The number of aromatic nitrogens is 2. The summed E-state index contributed by atoms with van der Waals surface area (Å²) in [5.41, 5.74) is 0.247. The number of aliphatic hydroxyl groups excluding tert-OH is 1. The molecule has 80 valence electrons. The van der Waals surface area contributed by atoms with Crippen molar-refractivity contribution in [2.45, 2.75) is 19.9 Å². The fourth-order valence-corrected chi connectivity index (χ4v) is 1.12. The van der Waals surface area contributed by atoms with E-state index in [1.165, 1.54) is 12.4 Å². The number of rotatable bonds is 4. The molecule has 1 aromatic heterocycles. The fourth-order valence-electron chi connectivity index (χ4n) is 1.12. The Labute approximate surface area is 88.8 Å². The molecule has 0 fully saturated rings. The van der Waals surface area contributed by atoms with Gasteiger partial charge in [0.25, 0.3) is 0 Å². The highest BCUT2D eigenvalue weighted by molar-refractivity contribution is 5.47. The second-order valence-corrected chi connectivity index (χ2v) is 3.54. The molecule has 0 aliphatic heterocycles. The lowest BCUT2D eigenvalue weighted by atomic mass is 10.1. The molecule has 0 amide bonds. The lowest BCUT2D eigenvalue weighted by molar-refractivity contribution is 0.249. The Hall–Kier alpha value is -1.67. The summed E-state index contributed by atoms with van der Waals surface area (Å²) in [4.78, 5) is 7.89. The van der Waals surface area contributed by atoms with Crippen molar-refractivity contribution in [3.8, 4) is 6.07 Å². The molecule has 1 rings (SSSR count). The van der Waals surface area contributed by atoms with Gasteiger partial charge in [0.15, 0.2) is 11.5 Å². The van der Waals surface area contributed by atoms with E-state index in [0.717, 1.165) is 0 Å². The summed E-state index contributed by atoms with van der Waals surface area (Å²) in [7, 11) is 0. The van der Waals surface area contributed by atoms with Gasteiger partial charge < -0.3 is 10.4 Å². The molecule has 0 aliphatic rings. The van der Waals surface area contributed by atoms with E-state index in [2.05, 4.69) is 15.3 Å². The molecule has 5 heteroatoms. The van der Waals surface area contributed by atoms with Gasteiger partial charge in [-0.2, -0.15) is 5.26 Å². The average molecular weight is 206 g/mol. The summed E-state index contributed by atoms with van der Waals surface area (Å²) in [6.45, 7) is 3.96. The number of nitrogens with zero attached hydrogens (tertiary/aromatic N) is 3. The molecular formula is C10H14N4O. The minimum atomic E-state index is -0.117. The SMILES string of the molecule is CC(C)[C@@H](CO)Nc1nccnc1C#N. The van der Waals surface area contributed by atoms with E-state index in [9.17, 15) is 0 Å². The van der Waals surface area contributed by atoms with E-state index in [1.54, 1.807) is 0 Å². The minimum Gasteiger partial charge on any atom is -0.394 e. The van der Waals surface area contributed by atoms with Crippen LogP contribution in [0.4, 0.5) is 5.82 Å². The molecule has 0 saturated heterocycles. The van der Waals surface area contributed by atoms with Crippen LogP contribution in [-0.4, -0.2) is 27.7 Å². The average Bonchev–Trinajstić information content (AvgIpc) is 2.25. The topological polar surface area (TPSA) is 81.8 Å². The first-order valence-electron chi connectivity index (χ1n) is 4.77. The summed E-state index contributed by atoms with van der Waals surface area (Å²) >= 11 is 0. The van der Waals surface area contributed by atoms with E-state index < -0.39 is 0 Å². The monoisotopic (exact) mass is 206 g/mol. The second-order valence-electron chi connectivity index (χ2n) is 3.54. The van der Waals surface area contributed by atoms with Crippen LogP contribution in [0.3, 0.4) is 0 Å². The van der Waals surface area contributed by atoms with Crippen molar-refractivity contribution in [1.82, 2.24) is 9.97 Å². The summed E-state index contributed by atoms with van der Waals surface area (Å²) in [6.07, 6.45) is 2.98. The maximum Gasteiger partial charge on any atom is 0.182 e. The normalized spacial score (nSPS) is 12.2. The van der Waals surface area contributed by atoms with Crippen molar-refractivity contribution < 1.29 is 5.11 Å². The molecule has 2 N–H and O–H groups in total. The highest BCUT2D eigenvalue weighted by Crippen LogP contribution is 2.12. The van der Waals surface area contributed by atoms with Gasteiger partial charge in [0, 0.05) is 12.4 Å². The van der Waals surface area contributed by atoms with Crippen LogP contribution in [-0.2, 0) is 0 Å². The Morgan fingerprint density at radius 1 is 1.47 bits per heavy atom. The van der Waals surface area contributed by atoms with Crippen molar-refractivity contribution in [3.63, 3.8) is 0 Å². The number of hydrogen-bond donors (Lipinski definition) is 2. The quantitative estimate of drug-likeness (QED) is 0.760. The Morgan fingerprint density at radius 2 is 2.13 bits per heavy atom. The van der Waals surface area contributed by atoms with Crippen molar-refractivity contribution >= 4 is 5.82 Å². The molecule has 1 atom stereocenters. The number of nitriles is 1. The van der Waals surface area contributed by atoms with Crippen LogP contribution in [0.1, 0.15) is 19.5 Å². The van der Waals surface area contributed by atoms with Gasteiger partial charge in [-0.3, -0.25) is 0 Å². The number of hydrogen-bond acceptors (Lipinski definition) is 5. The molecule has 0 bridgehead atoms. The van der Waals surface area contributed by atoms with Gasteiger partial charge in [0.2, 0.25) is 0 Å². The van der Waals surface area contributed by atoms with Crippen molar-refractivity contribution in [3.05, 3.63) is 18.1 Å². The minimum absolute atomic E-state index is 0.000883. The molecule has 0 aromatic carbocycles. The van der Waals surface area contributed by atoms with Crippen LogP contribution in [0.15, 0.2) is 12.4 Å². The zero-order chi connectivity index (χ0) is 11.3. The molecule has 1 heterocycles. The van der Waals surface area contributed by atoms with E-state index >= 15 is 0 Å². The summed E-state index contributed by atoms with van der Waals surface area (Å²) < 4.78 is 0.